The number of nitro benzene ring substituents is 1. The number of hydrogen-bond acceptors (Lipinski definition) is 5. The molecule has 0 spiro atoms. The van der Waals surface area contributed by atoms with E-state index >= 15 is 0 Å². The van der Waals surface area contributed by atoms with Crippen molar-refractivity contribution in [2.75, 3.05) is 6.61 Å². The van der Waals surface area contributed by atoms with Crippen LogP contribution in [0.5, 0.6) is 5.75 Å². The Hall–Kier alpha value is -2.15. The zero-order valence-electron chi connectivity index (χ0n) is 10.9. The van der Waals surface area contributed by atoms with Crippen molar-refractivity contribution >= 4 is 11.6 Å². The van der Waals surface area contributed by atoms with E-state index in [0.29, 0.717) is 0 Å². The summed E-state index contributed by atoms with van der Waals surface area (Å²) in [7, 11) is 0. The molecule has 7 heteroatoms. The molecule has 0 bridgehead atoms. The molecular formula is C12H17N3O4. The number of amides is 1. The van der Waals surface area contributed by atoms with Gasteiger partial charge < -0.3 is 16.2 Å². The number of primary amides is 1. The Morgan fingerprint density at radius 3 is 2.68 bits per heavy atom. The summed E-state index contributed by atoms with van der Waals surface area (Å²) in [4.78, 5) is 21.3. The molecule has 1 aromatic carbocycles. The number of aryl methyl sites for hydroxylation is 1. The lowest BCUT2D eigenvalue weighted by Gasteiger charge is -2.20. The Morgan fingerprint density at radius 2 is 2.16 bits per heavy atom. The van der Waals surface area contributed by atoms with E-state index in [-0.39, 0.29) is 24.5 Å². The fraction of sp³-hybridized carbons (Fsp3) is 0.417. The van der Waals surface area contributed by atoms with Gasteiger partial charge in [-0.1, -0.05) is 6.07 Å². The maximum atomic E-state index is 11.0. The highest BCUT2D eigenvalue weighted by atomic mass is 16.6. The van der Waals surface area contributed by atoms with Crippen LogP contribution in [0.3, 0.4) is 0 Å². The minimum Gasteiger partial charge on any atom is -0.487 e. The van der Waals surface area contributed by atoms with Crippen LogP contribution in [0.15, 0.2) is 18.2 Å². The van der Waals surface area contributed by atoms with E-state index in [0.717, 1.165) is 5.56 Å². The van der Waals surface area contributed by atoms with Crippen molar-refractivity contribution in [2.45, 2.75) is 25.8 Å². The van der Waals surface area contributed by atoms with Gasteiger partial charge in [0.1, 0.15) is 0 Å². The molecule has 4 N–H and O–H groups in total. The first-order chi connectivity index (χ1) is 8.74. The topological polar surface area (TPSA) is 121 Å². The second-order valence-corrected chi connectivity index (χ2v) is 4.61. The van der Waals surface area contributed by atoms with E-state index in [1.807, 2.05) is 0 Å². The van der Waals surface area contributed by atoms with Gasteiger partial charge in [-0.05, 0) is 25.5 Å². The maximum Gasteiger partial charge on any atom is 0.310 e. The summed E-state index contributed by atoms with van der Waals surface area (Å²) in [6, 6.07) is 4.57. The number of rotatable bonds is 6. The Morgan fingerprint density at radius 1 is 1.53 bits per heavy atom. The summed E-state index contributed by atoms with van der Waals surface area (Å²) in [5.74, 6) is -0.486. The normalized spacial score (nSPS) is 13.6. The number of ether oxygens (including phenoxy) is 1. The van der Waals surface area contributed by atoms with Crippen molar-refractivity contribution in [3.63, 3.8) is 0 Å². The summed E-state index contributed by atoms with van der Waals surface area (Å²) in [5.41, 5.74) is 10.3. The minimum absolute atomic E-state index is 0.0697. The molecular weight excluding hydrogens is 250 g/mol. The van der Waals surface area contributed by atoms with Crippen LogP contribution in [-0.4, -0.2) is 23.0 Å². The van der Waals surface area contributed by atoms with Crippen LogP contribution in [0.2, 0.25) is 0 Å². The first-order valence-corrected chi connectivity index (χ1v) is 5.70. The van der Waals surface area contributed by atoms with Gasteiger partial charge >= 0.3 is 5.69 Å². The summed E-state index contributed by atoms with van der Waals surface area (Å²) in [6.45, 7) is 3.36. The van der Waals surface area contributed by atoms with Gasteiger partial charge in [0.25, 0.3) is 0 Å². The first kappa shape index (κ1) is 14.9. The van der Waals surface area contributed by atoms with Crippen LogP contribution in [0.25, 0.3) is 0 Å². The molecule has 0 aliphatic rings. The van der Waals surface area contributed by atoms with Crippen molar-refractivity contribution in [1.29, 1.82) is 0 Å². The van der Waals surface area contributed by atoms with E-state index in [1.165, 1.54) is 13.0 Å². The number of carbonyl (C=O) groups excluding carboxylic acids is 1. The fourth-order valence-corrected chi connectivity index (χ4v) is 1.38. The molecule has 0 aliphatic carbocycles. The van der Waals surface area contributed by atoms with Crippen molar-refractivity contribution in [2.24, 2.45) is 11.5 Å². The first-order valence-electron chi connectivity index (χ1n) is 5.70. The fourth-order valence-electron chi connectivity index (χ4n) is 1.38. The highest BCUT2D eigenvalue weighted by molar-refractivity contribution is 5.83. The molecule has 19 heavy (non-hydrogen) atoms. The van der Waals surface area contributed by atoms with E-state index in [1.54, 1.807) is 19.1 Å². The predicted molar refractivity (Wildman–Crippen MR) is 69.7 cm³/mol. The largest absolute Gasteiger partial charge is 0.487 e. The Bertz CT molecular complexity index is 500. The van der Waals surface area contributed by atoms with Crippen LogP contribution in [0, 0.1) is 17.0 Å². The zero-order chi connectivity index (χ0) is 14.6. The van der Waals surface area contributed by atoms with Gasteiger partial charge in [-0.2, -0.15) is 0 Å². The molecule has 0 radical (unpaired) electrons. The standard InChI is InChI=1S/C12H17N3O4/c1-8-3-4-9(15(17)18)10(7-8)19-6-5-12(2,14)11(13)16/h3-4,7H,5-6,14H2,1-2H3,(H2,13,16). The van der Waals surface area contributed by atoms with Gasteiger partial charge in [0.05, 0.1) is 17.1 Å². The molecule has 0 saturated carbocycles. The number of nitro groups is 1. The van der Waals surface area contributed by atoms with E-state index in [2.05, 4.69) is 0 Å². The average Bonchev–Trinajstić information content (AvgIpc) is 2.28. The molecule has 1 rings (SSSR count). The average molecular weight is 267 g/mol. The van der Waals surface area contributed by atoms with E-state index < -0.39 is 16.4 Å². The molecule has 104 valence electrons. The van der Waals surface area contributed by atoms with Crippen LogP contribution in [-0.2, 0) is 4.79 Å². The van der Waals surface area contributed by atoms with Gasteiger partial charge in [-0.15, -0.1) is 0 Å². The number of nitrogens with two attached hydrogens (primary N) is 2. The van der Waals surface area contributed by atoms with Crippen LogP contribution in [0.4, 0.5) is 5.69 Å². The number of carbonyl (C=O) groups is 1. The highest BCUT2D eigenvalue weighted by Gasteiger charge is 2.26. The Labute approximate surface area is 110 Å². The molecule has 1 atom stereocenters. The summed E-state index contributed by atoms with van der Waals surface area (Å²) >= 11 is 0. The van der Waals surface area contributed by atoms with Crippen LogP contribution < -0.4 is 16.2 Å². The third-order valence-corrected chi connectivity index (χ3v) is 2.75. The third kappa shape index (κ3) is 3.92. The lowest BCUT2D eigenvalue weighted by Crippen LogP contribution is -2.50. The predicted octanol–water partition coefficient (Wildman–Crippen LogP) is 0.875. The molecule has 7 nitrogen and oxygen atoms in total. The van der Waals surface area contributed by atoms with Crippen molar-refractivity contribution in [3.05, 3.63) is 33.9 Å². The van der Waals surface area contributed by atoms with Crippen LogP contribution in [0.1, 0.15) is 18.9 Å². The molecule has 1 unspecified atom stereocenters. The molecule has 1 aromatic rings. The van der Waals surface area contributed by atoms with Gasteiger partial charge in [0.2, 0.25) is 5.91 Å². The van der Waals surface area contributed by atoms with E-state index in [9.17, 15) is 14.9 Å². The number of nitrogens with zero attached hydrogens (tertiary/aromatic N) is 1. The SMILES string of the molecule is Cc1ccc([N+](=O)[O-])c(OCCC(C)(N)C(N)=O)c1. The van der Waals surface area contributed by atoms with Gasteiger partial charge in [0.15, 0.2) is 5.75 Å². The molecule has 0 fully saturated rings. The van der Waals surface area contributed by atoms with Gasteiger partial charge in [0, 0.05) is 12.5 Å². The smallest absolute Gasteiger partial charge is 0.310 e. The number of benzene rings is 1. The minimum atomic E-state index is -1.20. The van der Waals surface area contributed by atoms with Crippen molar-refractivity contribution in [3.8, 4) is 5.75 Å². The highest BCUT2D eigenvalue weighted by Crippen LogP contribution is 2.28. The molecule has 1 amide bonds. The number of hydrogen-bond donors (Lipinski definition) is 2. The maximum absolute atomic E-state index is 11.0. The van der Waals surface area contributed by atoms with E-state index in [4.69, 9.17) is 16.2 Å². The van der Waals surface area contributed by atoms with Gasteiger partial charge in [-0.3, -0.25) is 14.9 Å². The second kappa shape index (κ2) is 5.66. The summed E-state index contributed by atoms with van der Waals surface area (Å²) in [6.07, 6.45) is 0.174. The second-order valence-electron chi connectivity index (χ2n) is 4.61. The summed E-state index contributed by atoms with van der Waals surface area (Å²) < 4.78 is 5.34. The lowest BCUT2D eigenvalue weighted by molar-refractivity contribution is -0.385. The molecule has 0 aliphatic heterocycles. The quantitative estimate of drug-likeness (QED) is 0.585. The lowest BCUT2D eigenvalue weighted by atomic mass is 9.99. The Kier molecular flexibility index (Phi) is 4.44. The molecule has 0 aromatic heterocycles. The van der Waals surface area contributed by atoms with Crippen LogP contribution >= 0.6 is 0 Å². The molecule has 0 heterocycles. The molecule has 0 saturated heterocycles. The van der Waals surface area contributed by atoms with Crippen molar-refractivity contribution in [1.82, 2.24) is 0 Å². The van der Waals surface area contributed by atoms with Crippen molar-refractivity contribution < 1.29 is 14.5 Å². The zero-order valence-corrected chi connectivity index (χ0v) is 10.9. The Balaban J connectivity index is 2.75. The third-order valence-electron chi connectivity index (χ3n) is 2.75. The van der Waals surface area contributed by atoms with Gasteiger partial charge in [-0.25, -0.2) is 0 Å². The summed E-state index contributed by atoms with van der Waals surface area (Å²) in [5, 5.41) is 10.8. The monoisotopic (exact) mass is 267 g/mol.